The molecule has 1 aromatic carbocycles. The van der Waals surface area contributed by atoms with Crippen molar-refractivity contribution in [2.45, 2.75) is 4.90 Å². The van der Waals surface area contributed by atoms with Crippen molar-refractivity contribution in [1.82, 2.24) is 4.47 Å². The molecule has 1 rings (SSSR count). The number of sulfonamides is 1. The lowest BCUT2D eigenvalue weighted by atomic mass is 10.3. The molecule has 0 heterocycles. The highest BCUT2D eigenvalue weighted by Crippen LogP contribution is 2.24. The van der Waals surface area contributed by atoms with E-state index in [0.29, 0.717) is 5.02 Å². The quantitative estimate of drug-likeness (QED) is 0.644. The summed E-state index contributed by atoms with van der Waals surface area (Å²) in [5.74, 6) is 0. The topological polar surface area (TPSA) is 72.6 Å². The first kappa shape index (κ1) is 12.3. The number of hydrogen-bond acceptors (Lipinski definition) is 4. The van der Waals surface area contributed by atoms with Crippen molar-refractivity contribution < 1.29 is 13.3 Å². The summed E-state index contributed by atoms with van der Waals surface area (Å²) in [4.78, 5) is 4.54. The van der Waals surface area contributed by atoms with Crippen molar-refractivity contribution in [3.05, 3.63) is 23.2 Å². The van der Waals surface area contributed by atoms with Crippen LogP contribution in [0.25, 0.3) is 0 Å². The number of nitrogens with two attached hydrogens (primary N) is 1. The number of rotatable bonds is 3. The minimum absolute atomic E-state index is 0.0700. The summed E-state index contributed by atoms with van der Waals surface area (Å²) in [5, 5.41) is 0.298. The molecule has 7 heteroatoms. The molecule has 0 atom stereocenters. The predicted octanol–water partition coefficient (Wildman–Crippen LogP) is 1.10. The maximum atomic E-state index is 11.8. The van der Waals surface area contributed by atoms with Crippen LogP contribution in [-0.4, -0.2) is 27.0 Å². The third-order valence-corrected chi connectivity index (χ3v) is 3.82. The second-order valence-electron chi connectivity index (χ2n) is 2.78. The molecule has 0 amide bonds. The number of benzene rings is 1. The standard InChI is InChI=1S/C8H11ClN2O3S/c1-11(14-2)15(12,13)8-5-6(9)3-4-7(8)10/h3-5H,10H2,1-2H3. The molecule has 0 unspecified atom stereocenters. The Labute approximate surface area is 93.4 Å². The van der Waals surface area contributed by atoms with Crippen LogP contribution in [0.15, 0.2) is 23.1 Å². The molecule has 0 saturated carbocycles. The fourth-order valence-electron chi connectivity index (χ4n) is 0.968. The molecule has 0 radical (unpaired) electrons. The number of hydrogen-bond donors (Lipinski definition) is 1. The van der Waals surface area contributed by atoms with Gasteiger partial charge in [-0.25, -0.2) is 8.42 Å². The van der Waals surface area contributed by atoms with E-state index in [9.17, 15) is 8.42 Å². The van der Waals surface area contributed by atoms with E-state index in [-0.39, 0.29) is 10.6 Å². The van der Waals surface area contributed by atoms with E-state index >= 15 is 0 Å². The number of anilines is 1. The molecule has 0 saturated heterocycles. The molecule has 0 aliphatic carbocycles. The van der Waals surface area contributed by atoms with Crippen molar-refractivity contribution in [3.8, 4) is 0 Å². The van der Waals surface area contributed by atoms with Crippen molar-refractivity contribution in [3.63, 3.8) is 0 Å². The van der Waals surface area contributed by atoms with Crippen LogP contribution in [0.5, 0.6) is 0 Å². The third-order valence-electron chi connectivity index (χ3n) is 1.85. The second kappa shape index (κ2) is 4.36. The van der Waals surface area contributed by atoms with Gasteiger partial charge in [0.25, 0.3) is 10.0 Å². The average Bonchev–Trinajstić information content (AvgIpc) is 2.20. The summed E-state index contributed by atoms with van der Waals surface area (Å²) in [7, 11) is -1.22. The molecule has 0 fully saturated rings. The Kier molecular flexibility index (Phi) is 3.56. The van der Waals surface area contributed by atoms with Crippen LogP contribution in [-0.2, 0) is 14.9 Å². The normalized spacial score (nSPS) is 12.0. The molecular weight excluding hydrogens is 240 g/mol. The Morgan fingerprint density at radius 1 is 1.47 bits per heavy atom. The summed E-state index contributed by atoms with van der Waals surface area (Å²) in [6.45, 7) is 0. The highest BCUT2D eigenvalue weighted by molar-refractivity contribution is 7.89. The lowest BCUT2D eigenvalue weighted by Gasteiger charge is -2.15. The van der Waals surface area contributed by atoms with Crippen molar-refractivity contribution in [2.24, 2.45) is 0 Å². The fourth-order valence-corrected chi connectivity index (χ4v) is 2.32. The molecule has 5 nitrogen and oxygen atoms in total. The van der Waals surface area contributed by atoms with E-state index in [1.807, 2.05) is 0 Å². The van der Waals surface area contributed by atoms with Crippen molar-refractivity contribution in [1.29, 1.82) is 0 Å². The van der Waals surface area contributed by atoms with Gasteiger partial charge >= 0.3 is 0 Å². The van der Waals surface area contributed by atoms with Crippen LogP contribution in [0.3, 0.4) is 0 Å². The number of hydroxylamine groups is 1. The number of halogens is 1. The first-order chi connectivity index (χ1) is 6.89. The molecule has 0 bridgehead atoms. The van der Waals surface area contributed by atoms with Gasteiger partial charge in [0.1, 0.15) is 4.90 Å². The molecule has 15 heavy (non-hydrogen) atoms. The Hall–Kier alpha value is -0.820. The fraction of sp³-hybridized carbons (Fsp3) is 0.250. The van der Waals surface area contributed by atoms with Crippen LogP contribution in [0.1, 0.15) is 0 Å². The second-order valence-corrected chi connectivity index (χ2v) is 5.12. The average molecular weight is 251 g/mol. The lowest BCUT2D eigenvalue weighted by Crippen LogP contribution is -2.26. The SMILES string of the molecule is CON(C)S(=O)(=O)c1cc(Cl)ccc1N. The van der Waals surface area contributed by atoms with Gasteiger partial charge in [-0.2, -0.15) is 0 Å². The van der Waals surface area contributed by atoms with E-state index in [2.05, 4.69) is 4.84 Å². The molecule has 0 aliphatic heterocycles. The van der Waals surface area contributed by atoms with Crippen LogP contribution in [0.4, 0.5) is 5.69 Å². The van der Waals surface area contributed by atoms with E-state index in [1.54, 1.807) is 0 Å². The zero-order valence-electron chi connectivity index (χ0n) is 8.27. The first-order valence-corrected chi connectivity index (χ1v) is 5.79. The number of nitrogen functional groups attached to an aromatic ring is 1. The lowest BCUT2D eigenvalue weighted by molar-refractivity contribution is -0.0258. The maximum absolute atomic E-state index is 11.8. The van der Waals surface area contributed by atoms with Gasteiger partial charge in [-0.3, -0.25) is 4.84 Å². The summed E-state index contributed by atoms with van der Waals surface area (Å²) in [6.07, 6.45) is 0. The van der Waals surface area contributed by atoms with Crippen LogP contribution < -0.4 is 5.73 Å². The Morgan fingerprint density at radius 2 is 2.07 bits per heavy atom. The minimum Gasteiger partial charge on any atom is -0.398 e. The Balaban J connectivity index is 3.33. The van der Waals surface area contributed by atoms with E-state index in [1.165, 1.54) is 32.4 Å². The predicted molar refractivity (Wildman–Crippen MR) is 57.8 cm³/mol. The van der Waals surface area contributed by atoms with Gasteiger partial charge in [0, 0.05) is 12.1 Å². The molecule has 2 N–H and O–H groups in total. The van der Waals surface area contributed by atoms with Gasteiger partial charge in [0.2, 0.25) is 0 Å². The first-order valence-electron chi connectivity index (χ1n) is 3.97. The van der Waals surface area contributed by atoms with Crippen molar-refractivity contribution >= 4 is 27.3 Å². The monoisotopic (exact) mass is 250 g/mol. The summed E-state index contributed by atoms with van der Waals surface area (Å²) in [5.41, 5.74) is 5.68. The van der Waals surface area contributed by atoms with Gasteiger partial charge in [0.15, 0.2) is 0 Å². The van der Waals surface area contributed by atoms with E-state index < -0.39 is 10.0 Å². The van der Waals surface area contributed by atoms with Gasteiger partial charge in [0.05, 0.1) is 12.8 Å². The van der Waals surface area contributed by atoms with Gasteiger partial charge in [-0.15, -0.1) is 0 Å². The molecular formula is C8H11ClN2O3S. The van der Waals surface area contributed by atoms with E-state index in [0.717, 1.165) is 4.47 Å². The zero-order chi connectivity index (χ0) is 11.6. The molecule has 0 spiro atoms. The molecule has 84 valence electrons. The summed E-state index contributed by atoms with van der Waals surface area (Å²) in [6, 6.07) is 4.23. The molecule has 0 aliphatic rings. The number of nitrogens with zero attached hydrogens (tertiary/aromatic N) is 1. The summed E-state index contributed by atoms with van der Waals surface area (Å²) < 4.78 is 24.3. The van der Waals surface area contributed by atoms with E-state index in [4.69, 9.17) is 17.3 Å². The van der Waals surface area contributed by atoms with Crippen LogP contribution in [0.2, 0.25) is 5.02 Å². The highest BCUT2D eigenvalue weighted by atomic mass is 35.5. The van der Waals surface area contributed by atoms with Crippen molar-refractivity contribution in [2.75, 3.05) is 19.9 Å². The highest BCUT2D eigenvalue weighted by Gasteiger charge is 2.23. The van der Waals surface area contributed by atoms with Crippen LogP contribution in [0, 0.1) is 0 Å². The zero-order valence-corrected chi connectivity index (χ0v) is 9.84. The van der Waals surface area contributed by atoms with Gasteiger partial charge < -0.3 is 5.73 Å². The third kappa shape index (κ3) is 2.40. The van der Waals surface area contributed by atoms with Gasteiger partial charge in [-0.1, -0.05) is 16.1 Å². The smallest absolute Gasteiger partial charge is 0.266 e. The molecule has 1 aromatic rings. The Morgan fingerprint density at radius 3 is 2.60 bits per heavy atom. The van der Waals surface area contributed by atoms with Gasteiger partial charge in [-0.05, 0) is 18.2 Å². The largest absolute Gasteiger partial charge is 0.398 e. The maximum Gasteiger partial charge on any atom is 0.266 e. The minimum atomic E-state index is -3.74. The summed E-state index contributed by atoms with van der Waals surface area (Å²) >= 11 is 5.69. The van der Waals surface area contributed by atoms with Crippen LogP contribution >= 0.6 is 11.6 Å². The Bertz CT molecular complexity index is 461. The molecule has 0 aromatic heterocycles.